The topological polar surface area (TPSA) is 59.8 Å². The number of aromatic nitrogens is 3. The quantitative estimate of drug-likeness (QED) is 0.771. The van der Waals surface area contributed by atoms with E-state index in [0.717, 1.165) is 17.1 Å². The highest BCUT2D eigenvalue weighted by Gasteiger charge is 2.21. The third-order valence-corrected chi connectivity index (χ3v) is 5.53. The fourth-order valence-corrected chi connectivity index (χ4v) is 3.92. The molecule has 0 radical (unpaired) electrons. The average Bonchev–Trinajstić information content (AvgIpc) is 3.22. The number of hydrogen-bond donors (Lipinski definition) is 1. The van der Waals surface area contributed by atoms with Gasteiger partial charge in [-0.25, -0.2) is 4.98 Å². The maximum absolute atomic E-state index is 12.5. The number of nitrogens with zero attached hydrogens (tertiary/aromatic N) is 3. The van der Waals surface area contributed by atoms with Crippen LogP contribution in [0.15, 0.2) is 29.1 Å². The molecule has 0 saturated heterocycles. The molecule has 0 aromatic carbocycles. The molecule has 0 aliphatic carbocycles. The van der Waals surface area contributed by atoms with Gasteiger partial charge in [0.1, 0.15) is 10.7 Å². The Morgan fingerprint density at radius 2 is 2.22 bits per heavy atom. The average molecular weight is 346 g/mol. The van der Waals surface area contributed by atoms with Gasteiger partial charge in [0.2, 0.25) is 0 Å². The molecule has 0 saturated carbocycles. The lowest BCUT2D eigenvalue weighted by atomic mass is 10.1. The Hall–Kier alpha value is -1.99. The summed E-state index contributed by atoms with van der Waals surface area (Å²) in [7, 11) is 1.80. The van der Waals surface area contributed by atoms with E-state index in [1.807, 2.05) is 12.3 Å². The molecular weight excluding hydrogens is 328 g/mol. The molecule has 0 aliphatic heterocycles. The minimum Gasteiger partial charge on any atom is -0.341 e. The number of thiazole rings is 1. The number of carbonyl (C=O) groups is 1. The highest BCUT2D eigenvalue weighted by molar-refractivity contribution is 7.11. The lowest BCUT2D eigenvalue weighted by Gasteiger charge is -2.15. The SMILES string of the molecule is Cc1nc([C@@H](Cc2ccsc2)NC(=O)c2ccn(C)n2)sc1C. The summed E-state index contributed by atoms with van der Waals surface area (Å²) in [4.78, 5) is 18.3. The summed E-state index contributed by atoms with van der Waals surface area (Å²) in [5, 5.41) is 12.3. The summed E-state index contributed by atoms with van der Waals surface area (Å²) in [6.45, 7) is 4.05. The normalized spacial score (nSPS) is 12.3. The van der Waals surface area contributed by atoms with Crippen molar-refractivity contribution >= 4 is 28.6 Å². The van der Waals surface area contributed by atoms with Gasteiger partial charge in [-0.1, -0.05) is 0 Å². The minimum atomic E-state index is -0.170. The van der Waals surface area contributed by atoms with Gasteiger partial charge in [-0.3, -0.25) is 9.48 Å². The van der Waals surface area contributed by atoms with Crippen LogP contribution in [0, 0.1) is 13.8 Å². The van der Waals surface area contributed by atoms with Crippen LogP contribution in [0.4, 0.5) is 0 Å². The highest BCUT2D eigenvalue weighted by atomic mass is 32.1. The van der Waals surface area contributed by atoms with Crippen molar-refractivity contribution in [2.75, 3.05) is 0 Å². The summed E-state index contributed by atoms with van der Waals surface area (Å²) < 4.78 is 1.63. The Morgan fingerprint density at radius 3 is 2.78 bits per heavy atom. The molecule has 1 atom stereocenters. The van der Waals surface area contributed by atoms with Crippen molar-refractivity contribution < 1.29 is 4.79 Å². The largest absolute Gasteiger partial charge is 0.341 e. The molecule has 0 unspecified atom stereocenters. The van der Waals surface area contributed by atoms with Crippen molar-refractivity contribution in [3.8, 4) is 0 Å². The van der Waals surface area contributed by atoms with Crippen LogP contribution >= 0.6 is 22.7 Å². The Bertz CT molecular complexity index is 785. The third-order valence-electron chi connectivity index (χ3n) is 3.61. The molecule has 0 aliphatic rings. The van der Waals surface area contributed by atoms with E-state index >= 15 is 0 Å². The van der Waals surface area contributed by atoms with Gasteiger partial charge in [0.05, 0.1) is 11.7 Å². The number of amides is 1. The molecule has 3 aromatic heterocycles. The van der Waals surface area contributed by atoms with Gasteiger partial charge in [-0.15, -0.1) is 11.3 Å². The van der Waals surface area contributed by atoms with E-state index in [0.29, 0.717) is 5.69 Å². The Morgan fingerprint density at radius 1 is 1.39 bits per heavy atom. The molecule has 0 bridgehead atoms. The molecular formula is C16H18N4OS2. The van der Waals surface area contributed by atoms with E-state index in [2.05, 4.69) is 33.8 Å². The molecule has 3 rings (SSSR count). The molecule has 5 nitrogen and oxygen atoms in total. The van der Waals surface area contributed by atoms with E-state index in [-0.39, 0.29) is 11.9 Å². The molecule has 3 heterocycles. The molecule has 120 valence electrons. The number of carbonyl (C=O) groups excluding carboxylic acids is 1. The van der Waals surface area contributed by atoms with Crippen molar-refractivity contribution in [2.24, 2.45) is 7.05 Å². The zero-order chi connectivity index (χ0) is 16.4. The summed E-state index contributed by atoms with van der Waals surface area (Å²) in [5.74, 6) is -0.170. The summed E-state index contributed by atoms with van der Waals surface area (Å²) in [6, 6.07) is 3.66. The molecule has 1 N–H and O–H groups in total. The number of hydrogen-bond acceptors (Lipinski definition) is 5. The fourth-order valence-electron chi connectivity index (χ4n) is 2.26. The molecule has 23 heavy (non-hydrogen) atoms. The van der Waals surface area contributed by atoms with Crippen LogP contribution in [0.1, 0.15) is 37.7 Å². The minimum absolute atomic E-state index is 0.142. The van der Waals surface area contributed by atoms with Crippen LogP contribution in [0.25, 0.3) is 0 Å². The smallest absolute Gasteiger partial charge is 0.272 e. The number of rotatable bonds is 5. The van der Waals surface area contributed by atoms with Crippen molar-refractivity contribution in [1.29, 1.82) is 0 Å². The van der Waals surface area contributed by atoms with E-state index in [1.165, 1.54) is 10.4 Å². The van der Waals surface area contributed by atoms with Crippen LogP contribution in [0.2, 0.25) is 0 Å². The number of aryl methyl sites for hydroxylation is 3. The second kappa shape index (κ2) is 6.64. The van der Waals surface area contributed by atoms with Crippen LogP contribution in [0.3, 0.4) is 0 Å². The van der Waals surface area contributed by atoms with Crippen LogP contribution in [-0.2, 0) is 13.5 Å². The lowest BCUT2D eigenvalue weighted by Crippen LogP contribution is -2.30. The number of thiophene rings is 1. The molecule has 3 aromatic rings. The fraction of sp³-hybridized carbons (Fsp3) is 0.312. The Balaban J connectivity index is 1.83. The molecule has 0 fully saturated rings. The Labute approximate surface area is 143 Å². The predicted octanol–water partition coefficient (Wildman–Crippen LogP) is 3.27. The van der Waals surface area contributed by atoms with Gasteiger partial charge < -0.3 is 5.32 Å². The second-order valence-corrected chi connectivity index (χ2v) is 7.44. The van der Waals surface area contributed by atoms with Crippen molar-refractivity contribution in [3.05, 3.63) is 55.9 Å². The van der Waals surface area contributed by atoms with Crippen LogP contribution in [0.5, 0.6) is 0 Å². The third kappa shape index (κ3) is 3.68. The lowest BCUT2D eigenvalue weighted by molar-refractivity contribution is 0.0930. The predicted molar refractivity (Wildman–Crippen MR) is 93.0 cm³/mol. The maximum atomic E-state index is 12.5. The first-order chi connectivity index (χ1) is 11.0. The molecule has 0 spiro atoms. The van der Waals surface area contributed by atoms with Crippen molar-refractivity contribution in [1.82, 2.24) is 20.1 Å². The highest BCUT2D eigenvalue weighted by Crippen LogP contribution is 2.26. The van der Waals surface area contributed by atoms with Crippen LogP contribution < -0.4 is 5.32 Å². The first kappa shape index (κ1) is 15.9. The second-order valence-electron chi connectivity index (χ2n) is 5.43. The summed E-state index contributed by atoms with van der Waals surface area (Å²) in [6.07, 6.45) is 2.49. The number of nitrogens with one attached hydrogen (secondary N) is 1. The van der Waals surface area contributed by atoms with E-state index in [9.17, 15) is 4.79 Å². The van der Waals surface area contributed by atoms with Crippen LogP contribution in [-0.4, -0.2) is 20.7 Å². The van der Waals surface area contributed by atoms with Gasteiger partial charge in [-0.05, 0) is 42.3 Å². The molecule has 1 amide bonds. The van der Waals surface area contributed by atoms with Gasteiger partial charge in [0, 0.05) is 24.5 Å². The maximum Gasteiger partial charge on any atom is 0.272 e. The molecule has 7 heteroatoms. The first-order valence-corrected chi connectivity index (χ1v) is 9.04. The summed E-state index contributed by atoms with van der Waals surface area (Å²) >= 11 is 3.30. The summed E-state index contributed by atoms with van der Waals surface area (Å²) in [5.41, 5.74) is 2.65. The van der Waals surface area contributed by atoms with Gasteiger partial charge in [-0.2, -0.15) is 16.4 Å². The van der Waals surface area contributed by atoms with Crippen molar-refractivity contribution in [3.63, 3.8) is 0 Å². The van der Waals surface area contributed by atoms with E-state index < -0.39 is 0 Å². The van der Waals surface area contributed by atoms with Gasteiger partial charge in [0.15, 0.2) is 0 Å². The first-order valence-electron chi connectivity index (χ1n) is 7.28. The monoisotopic (exact) mass is 346 g/mol. The zero-order valence-corrected chi connectivity index (χ0v) is 14.9. The van der Waals surface area contributed by atoms with Crippen molar-refractivity contribution in [2.45, 2.75) is 26.3 Å². The standard InChI is InChI=1S/C16H18N4OS2/c1-10-11(2)23-16(17-10)14(8-12-5-7-22-9-12)18-15(21)13-4-6-20(3)19-13/h4-7,9,14H,8H2,1-3H3,(H,18,21)/t14-/m1/s1. The van der Waals surface area contributed by atoms with E-state index in [1.54, 1.807) is 46.7 Å². The Kier molecular flexibility index (Phi) is 4.58. The zero-order valence-electron chi connectivity index (χ0n) is 13.2. The van der Waals surface area contributed by atoms with Gasteiger partial charge >= 0.3 is 0 Å². The van der Waals surface area contributed by atoms with Gasteiger partial charge in [0.25, 0.3) is 5.91 Å². The van der Waals surface area contributed by atoms with E-state index in [4.69, 9.17) is 0 Å².